The Hall–Kier alpha value is -4.53. The lowest BCUT2D eigenvalue weighted by Gasteiger charge is -2.10. The van der Waals surface area contributed by atoms with Gasteiger partial charge in [-0.2, -0.15) is 13.7 Å². The number of carbonyl (C=O) groups is 1. The number of hydrogen-bond acceptors (Lipinski definition) is 7. The molecule has 0 heterocycles. The van der Waals surface area contributed by atoms with E-state index in [2.05, 4.69) is 21.2 Å². The molecule has 1 N–H and O–H groups in total. The molecule has 0 aromatic heterocycles. The number of nitro groups is 1. The number of nitro benzene ring substituents is 1. The number of nitriles is 1. The summed E-state index contributed by atoms with van der Waals surface area (Å²) in [5, 5.41) is 24.9. The molecule has 11 heteroatoms. The van der Waals surface area contributed by atoms with Crippen molar-refractivity contribution in [2.75, 3.05) is 5.32 Å². The van der Waals surface area contributed by atoms with E-state index in [4.69, 9.17) is 4.18 Å². The van der Waals surface area contributed by atoms with Crippen molar-refractivity contribution in [3.8, 4) is 11.8 Å². The Kier molecular flexibility index (Phi) is 7.33. The number of hydrogen-bond donors (Lipinski definition) is 1. The second kappa shape index (κ2) is 10.6. The van der Waals surface area contributed by atoms with Gasteiger partial charge in [0.05, 0.1) is 9.40 Å². The van der Waals surface area contributed by atoms with Gasteiger partial charge in [0.25, 0.3) is 11.6 Å². The van der Waals surface area contributed by atoms with E-state index in [0.29, 0.717) is 11.3 Å². The number of nitrogens with zero attached hydrogens (tertiary/aromatic N) is 2. The Bertz CT molecular complexity index is 1710. The number of benzene rings is 4. The smallest absolute Gasteiger partial charge is 0.339 e. The fraction of sp³-hybridized carbons (Fsp3) is 0. The molecule has 4 aromatic rings. The quantitative estimate of drug-likeness (QED) is 0.0958. The summed E-state index contributed by atoms with van der Waals surface area (Å²) in [7, 11) is -4.27. The van der Waals surface area contributed by atoms with Crippen molar-refractivity contribution in [1.82, 2.24) is 0 Å². The van der Waals surface area contributed by atoms with Gasteiger partial charge in [-0.05, 0) is 63.3 Å². The van der Waals surface area contributed by atoms with Gasteiger partial charge in [0.15, 0.2) is 5.75 Å². The molecule has 0 fully saturated rings. The largest absolute Gasteiger partial charge is 0.378 e. The van der Waals surface area contributed by atoms with E-state index in [1.165, 1.54) is 24.3 Å². The van der Waals surface area contributed by atoms with Crippen molar-refractivity contribution >= 4 is 60.2 Å². The number of amides is 1. The van der Waals surface area contributed by atoms with E-state index >= 15 is 0 Å². The third kappa shape index (κ3) is 5.83. The first-order valence-electron chi connectivity index (χ1n) is 10.6. The highest BCUT2D eigenvalue weighted by molar-refractivity contribution is 9.10. The lowest BCUT2D eigenvalue weighted by molar-refractivity contribution is -0.384. The zero-order valence-electron chi connectivity index (χ0n) is 18.8. The van der Waals surface area contributed by atoms with Crippen LogP contribution in [0.3, 0.4) is 0 Å². The van der Waals surface area contributed by atoms with Crippen molar-refractivity contribution in [2.24, 2.45) is 0 Å². The van der Waals surface area contributed by atoms with E-state index in [1.54, 1.807) is 12.1 Å². The van der Waals surface area contributed by atoms with Gasteiger partial charge in [-0.3, -0.25) is 14.9 Å². The van der Waals surface area contributed by atoms with Crippen LogP contribution in [0, 0.1) is 21.4 Å². The van der Waals surface area contributed by atoms with Crippen LogP contribution in [0.25, 0.3) is 16.8 Å². The number of halogens is 1. The highest BCUT2D eigenvalue weighted by atomic mass is 79.9. The summed E-state index contributed by atoms with van der Waals surface area (Å²) in [6.07, 6.45) is 1.36. The molecule has 9 nitrogen and oxygen atoms in total. The summed E-state index contributed by atoms with van der Waals surface area (Å²) in [6.45, 7) is 0. The molecule has 0 unspecified atom stereocenters. The molecule has 37 heavy (non-hydrogen) atoms. The fourth-order valence-corrected chi connectivity index (χ4v) is 4.95. The number of fused-ring (bicyclic) bond motifs is 1. The molecular formula is C26H16BrN3O6S. The number of nitrogens with one attached hydrogen (secondary N) is 1. The standard InChI is InChI=1S/C26H16BrN3O6S/c27-23-15-17(8-13-25(23)36-37(34,35)21-11-9-20(10-12-21)30(32)33)14-19(16-28)26(31)29-24-7-3-5-18-4-1-2-6-22(18)24/h1-15H,(H,29,31)/b19-14+. The second-order valence-electron chi connectivity index (χ2n) is 7.63. The first-order valence-corrected chi connectivity index (χ1v) is 12.8. The molecule has 4 rings (SSSR count). The SMILES string of the molecule is N#C/C(=C\c1ccc(OS(=O)(=O)c2ccc([N+](=O)[O-])cc2)c(Br)c1)C(=O)Nc1cccc2ccccc12. The van der Waals surface area contributed by atoms with E-state index in [9.17, 15) is 28.6 Å². The van der Waals surface area contributed by atoms with Crippen LogP contribution in [0.5, 0.6) is 5.75 Å². The minimum atomic E-state index is -4.27. The monoisotopic (exact) mass is 577 g/mol. The minimum Gasteiger partial charge on any atom is -0.378 e. The Labute approximate surface area is 220 Å². The minimum absolute atomic E-state index is 0.0470. The molecule has 0 atom stereocenters. The van der Waals surface area contributed by atoms with Crippen LogP contribution < -0.4 is 9.50 Å². The molecule has 184 valence electrons. The fourth-order valence-electron chi connectivity index (χ4n) is 3.41. The van der Waals surface area contributed by atoms with Gasteiger partial charge >= 0.3 is 10.1 Å². The average molecular weight is 578 g/mol. The summed E-state index contributed by atoms with van der Waals surface area (Å²) in [6, 6.07) is 23.4. The number of carbonyl (C=O) groups excluding carboxylic acids is 1. The highest BCUT2D eigenvalue weighted by Crippen LogP contribution is 2.30. The van der Waals surface area contributed by atoms with Gasteiger partial charge in [0, 0.05) is 23.2 Å². The lowest BCUT2D eigenvalue weighted by atomic mass is 10.1. The number of anilines is 1. The summed E-state index contributed by atoms with van der Waals surface area (Å²) in [5.74, 6) is -0.648. The molecule has 0 spiro atoms. The van der Waals surface area contributed by atoms with Crippen LogP contribution in [-0.4, -0.2) is 19.2 Å². The molecule has 0 radical (unpaired) electrons. The molecule has 0 aliphatic carbocycles. The van der Waals surface area contributed by atoms with Crippen molar-refractivity contribution < 1.29 is 22.3 Å². The van der Waals surface area contributed by atoms with Gasteiger partial charge < -0.3 is 9.50 Å². The van der Waals surface area contributed by atoms with Crippen molar-refractivity contribution in [2.45, 2.75) is 4.90 Å². The Morgan fingerprint density at radius 1 is 1.03 bits per heavy atom. The summed E-state index contributed by atoms with van der Waals surface area (Å²) in [4.78, 5) is 22.7. The van der Waals surface area contributed by atoms with Crippen LogP contribution in [-0.2, 0) is 14.9 Å². The Balaban J connectivity index is 1.54. The first-order chi connectivity index (χ1) is 17.7. The predicted octanol–water partition coefficient (Wildman–Crippen LogP) is 5.82. The van der Waals surface area contributed by atoms with Crippen LogP contribution in [0.2, 0.25) is 0 Å². The van der Waals surface area contributed by atoms with Gasteiger partial charge in [-0.25, -0.2) is 0 Å². The molecule has 0 aliphatic heterocycles. The molecule has 1 amide bonds. The lowest BCUT2D eigenvalue weighted by Crippen LogP contribution is -2.13. The van der Waals surface area contributed by atoms with Gasteiger partial charge in [0.2, 0.25) is 0 Å². The summed E-state index contributed by atoms with van der Waals surface area (Å²) < 4.78 is 30.6. The predicted molar refractivity (Wildman–Crippen MR) is 141 cm³/mol. The zero-order chi connectivity index (χ0) is 26.6. The van der Waals surface area contributed by atoms with E-state index in [-0.39, 0.29) is 26.4 Å². The number of non-ortho nitro benzene ring substituents is 1. The maximum atomic E-state index is 12.8. The van der Waals surface area contributed by atoms with Gasteiger partial charge in [-0.15, -0.1) is 0 Å². The zero-order valence-corrected chi connectivity index (χ0v) is 21.2. The van der Waals surface area contributed by atoms with Crippen LogP contribution in [0.15, 0.2) is 99.9 Å². The Morgan fingerprint density at radius 3 is 2.41 bits per heavy atom. The third-order valence-corrected chi connectivity index (χ3v) is 7.07. The molecule has 0 saturated heterocycles. The molecule has 0 bridgehead atoms. The van der Waals surface area contributed by atoms with E-state index in [0.717, 1.165) is 35.0 Å². The summed E-state index contributed by atoms with van der Waals surface area (Å²) in [5.41, 5.74) is 0.586. The summed E-state index contributed by atoms with van der Waals surface area (Å²) >= 11 is 3.24. The van der Waals surface area contributed by atoms with Gasteiger partial charge in [-0.1, -0.05) is 42.5 Å². The van der Waals surface area contributed by atoms with Gasteiger partial charge in [0.1, 0.15) is 16.5 Å². The van der Waals surface area contributed by atoms with Crippen molar-refractivity contribution in [1.29, 1.82) is 5.26 Å². The third-order valence-electron chi connectivity index (χ3n) is 5.21. The number of rotatable bonds is 7. The average Bonchev–Trinajstić information content (AvgIpc) is 2.89. The van der Waals surface area contributed by atoms with Crippen molar-refractivity contribution in [3.05, 3.63) is 111 Å². The Morgan fingerprint density at radius 2 is 1.73 bits per heavy atom. The van der Waals surface area contributed by atoms with E-state index < -0.39 is 20.9 Å². The topological polar surface area (TPSA) is 139 Å². The maximum Gasteiger partial charge on any atom is 0.339 e. The van der Waals surface area contributed by atoms with Crippen LogP contribution in [0.4, 0.5) is 11.4 Å². The molecular weight excluding hydrogens is 562 g/mol. The molecule has 0 aliphatic rings. The first kappa shape index (κ1) is 25.6. The van der Waals surface area contributed by atoms with Crippen LogP contribution in [0.1, 0.15) is 5.56 Å². The van der Waals surface area contributed by atoms with E-state index in [1.807, 2.05) is 36.4 Å². The maximum absolute atomic E-state index is 12.8. The molecule has 0 saturated carbocycles. The van der Waals surface area contributed by atoms with Crippen LogP contribution >= 0.6 is 15.9 Å². The second-order valence-corrected chi connectivity index (χ2v) is 10.0. The highest BCUT2D eigenvalue weighted by Gasteiger charge is 2.20. The normalized spacial score (nSPS) is 11.5. The molecule has 4 aromatic carbocycles. The van der Waals surface area contributed by atoms with Crippen molar-refractivity contribution in [3.63, 3.8) is 0 Å².